The highest BCUT2D eigenvalue weighted by Crippen LogP contribution is 1.84. The van der Waals surface area contributed by atoms with Crippen LogP contribution in [0.15, 0.2) is 36.5 Å². The van der Waals surface area contributed by atoms with E-state index in [9.17, 15) is 0 Å². The predicted octanol–water partition coefficient (Wildman–Crippen LogP) is 3.29. The van der Waals surface area contributed by atoms with Crippen LogP contribution >= 0.6 is 0 Å². The monoisotopic (exact) mass is 135 g/mol. The van der Waals surface area contributed by atoms with Crippen LogP contribution in [0.3, 0.4) is 0 Å². The van der Waals surface area contributed by atoms with Gasteiger partial charge >= 0.3 is 0 Å². The number of rotatable bonds is 4. The van der Waals surface area contributed by atoms with Crippen molar-refractivity contribution in [3.63, 3.8) is 0 Å². The summed E-state index contributed by atoms with van der Waals surface area (Å²) >= 11 is 0. The molecule has 0 spiro atoms. The molecule has 0 aliphatic heterocycles. The lowest BCUT2D eigenvalue weighted by molar-refractivity contribution is 1.22. The van der Waals surface area contributed by atoms with Gasteiger partial charge in [-0.2, -0.15) is 0 Å². The highest BCUT2D eigenvalue weighted by molar-refractivity contribution is 5.10. The summed E-state index contributed by atoms with van der Waals surface area (Å²) in [5, 5.41) is 0. The summed E-state index contributed by atoms with van der Waals surface area (Å²) in [6.45, 7) is 5.80. The minimum atomic E-state index is 0.863. The minimum absolute atomic E-state index is 0.863. The number of hydrogen-bond acceptors (Lipinski definition) is 0. The van der Waals surface area contributed by atoms with E-state index in [1.807, 2.05) is 30.4 Å². The van der Waals surface area contributed by atoms with Gasteiger partial charge < -0.3 is 0 Å². The van der Waals surface area contributed by atoms with E-state index in [0.717, 1.165) is 12.8 Å². The fourth-order valence-electron chi connectivity index (χ4n) is 0.518. The molecule has 0 N–H and O–H groups in total. The summed E-state index contributed by atoms with van der Waals surface area (Å²) in [5.41, 5.74) is 0. The zero-order valence-corrected chi connectivity index (χ0v) is 6.59. The quantitative estimate of drug-likeness (QED) is 0.519. The molecule has 0 bridgehead atoms. The highest BCUT2D eigenvalue weighted by Gasteiger charge is 1.63. The molecule has 0 rings (SSSR count). The fraction of sp³-hybridized carbons (Fsp3) is 0.300. The molecule has 0 heteroatoms. The molecule has 0 fully saturated rings. The summed E-state index contributed by atoms with van der Waals surface area (Å²) in [4.78, 5) is 0. The highest BCUT2D eigenvalue weighted by atomic mass is 13.7. The van der Waals surface area contributed by atoms with Crippen LogP contribution in [0.25, 0.3) is 0 Å². The van der Waals surface area contributed by atoms with Gasteiger partial charge in [-0.25, -0.2) is 0 Å². The molecule has 0 saturated heterocycles. The van der Waals surface area contributed by atoms with E-state index >= 15 is 0 Å². The molecule has 0 aromatic rings. The second-order valence-electron chi connectivity index (χ2n) is 1.94. The van der Waals surface area contributed by atoms with Gasteiger partial charge in [-0.15, -0.1) is 0 Å². The van der Waals surface area contributed by atoms with Gasteiger partial charge in [0.05, 0.1) is 0 Å². The molecule has 0 nitrogen and oxygen atoms in total. The first kappa shape index (κ1) is 9.22. The average molecular weight is 135 g/mol. The van der Waals surface area contributed by atoms with Crippen molar-refractivity contribution in [1.29, 1.82) is 0 Å². The first-order valence-corrected chi connectivity index (χ1v) is 3.69. The second kappa shape index (κ2) is 8.22. The van der Waals surface area contributed by atoms with Crippen LogP contribution in [-0.4, -0.2) is 0 Å². The molecule has 0 saturated carbocycles. The second-order valence-corrected chi connectivity index (χ2v) is 1.94. The first-order chi connectivity index (χ1) is 4.91. The molecule has 55 valence electrons. The molecule has 0 heterocycles. The fourth-order valence-corrected chi connectivity index (χ4v) is 0.518. The van der Waals surface area contributed by atoms with Crippen LogP contribution in [-0.2, 0) is 0 Å². The number of allylic oxidation sites excluding steroid dienone is 6. The Bertz CT molecular complexity index is 111. The molecule has 0 aromatic heterocycles. The van der Waals surface area contributed by atoms with Gasteiger partial charge in [0.2, 0.25) is 0 Å². The molecule has 0 aromatic carbocycles. The Hall–Kier alpha value is -0.780. The molecule has 0 atom stereocenters. The van der Waals surface area contributed by atoms with Gasteiger partial charge in [0.15, 0.2) is 0 Å². The Morgan fingerprint density at radius 2 is 1.60 bits per heavy atom. The average Bonchev–Trinajstić information content (AvgIpc) is 1.97. The predicted molar refractivity (Wildman–Crippen MR) is 47.7 cm³/mol. The van der Waals surface area contributed by atoms with Crippen molar-refractivity contribution in [3.05, 3.63) is 43.4 Å². The Morgan fingerprint density at radius 1 is 1.00 bits per heavy atom. The van der Waals surface area contributed by atoms with E-state index < -0.39 is 0 Å². The lowest BCUT2D eigenvalue weighted by Gasteiger charge is -1.74. The zero-order valence-electron chi connectivity index (χ0n) is 6.59. The van der Waals surface area contributed by atoms with Gasteiger partial charge in [0, 0.05) is 0 Å². The molecule has 0 aliphatic rings. The molecule has 10 heavy (non-hydrogen) atoms. The van der Waals surface area contributed by atoms with E-state index in [-0.39, 0.29) is 0 Å². The Labute approximate surface area is 64.0 Å². The van der Waals surface area contributed by atoms with Gasteiger partial charge in [-0.3, -0.25) is 0 Å². The smallest absolute Gasteiger partial charge is 0.0347 e. The maximum atomic E-state index is 3.68. The van der Waals surface area contributed by atoms with Crippen LogP contribution in [0.1, 0.15) is 19.8 Å². The van der Waals surface area contributed by atoms with Gasteiger partial charge in [-0.05, 0) is 19.8 Å². The third-order valence-corrected chi connectivity index (χ3v) is 1.01. The first-order valence-electron chi connectivity index (χ1n) is 3.69. The van der Waals surface area contributed by atoms with Crippen molar-refractivity contribution in [3.8, 4) is 0 Å². The Kier molecular flexibility index (Phi) is 7.58. The maximum absolute atomic E-state index is 3.68. The van der Waals surface area contributed by atoms with E-state index in [0.29, 0.717) is 0 Å². The van der Waals surface area contributed by atoms with Crippen LogP contribution in [0, 0.1) is 6.92 Å². The minimum Gasteiger partial charge on any atom is -0.0848 e. The summed E-state index contributed by atoms with van der Waals surface area (Å²) in [7, 11) is 0. The lowest BCUT2D eigenvalue weighted by atomic mass is 10.3. The van der Waals surface area contributed by atoms with Crippen LogP contribution < -0.4 is 0 Å². The molecule has 0 amide bonds. The third kappa shape index (κ3) is 7.22. The SMILES string of the molecule is [CH2]CC=CC=CC=CCC. The topological polar surface area (TPSA) is 0 Å². The largest absolute Gasteiger partial charge is 0.0848 e. The van der Waals surface area contributed by atoms with Crippen molar-refractivity contribution < 1.29 is 0 Å². The van der Waals surface area contributed by atoms with Gasteiger partial charge in [0.1, 0.15) is 0 Å². The summed E-state index contributed by atoms with van der Waals surface area (Å²) in [6, 6.07) is 0. The van der Waals surface area contributed by atoms with Crippen molar-refractivity contribution in [2.45, 2.75) is 19.8 Å². The number of hydrogen-bond donors (Lipinski definition) is 0. The van der Waals surface area contributed by atoms with E-state index in [2.05, 4.69) is 19.9 Å². The summed E-state index contributed by atoms with van der Waals surface area (Å²) < 4.78 is 0. The van der Waals surface area contributed by atoms with Crippen molar-refractivity contribution >= 4 is 0 Å². The van der Waals surface area contributed by atoms with E-state index in [1.54, 1.807) is 0 Å². The van der Waals surface area contributed by atoms with Crippen LogP contribution in [0.2, 0.25) is 0 Å². The Balaban J connectivity index is 3.37. The van der Waals surface area contributed by atoms with Crippen molar-refractivity contribution in [1.82, 2.24) is 0 Å². The normalized spacial score (nSPS) is 12.6. The summed E-state index contributed by atoms with van der Waals surface area (Å²) in [6.07, 6.45) is 14.2. The maximum Gasteiger partial charge on any atom is -0.0347 e. The van der Waals surface area contributed by atoms with E-state index in [4.69, 9.17) is 0 Å². The molecule has 1 radical (unpaired) electrons. The van der Waals surface area contributed by atoms with Crippen molar-refractivity contribution in [2.75, 3.05) is 0 Å². The van der Waals surface area contributed by atoms with E-state index in [1.165, 1.54) is 0 Å². The molecular weight excluding hydrogens is 120 g/mol. The van der Waals surface area contributed by atoms with Crippen LogP contribution in [0.5, 0.6) is 0 Å². The van der Waals surface area contributed by atoms with Crippen molar-refractivity contribution in [2.24, 2.45) is 0 Å². The summed E-state index contributed by atoms with van der Waals surface area (Å²) in [5.74, 6) is 0. The van der Waals surface area contributed by atoms with Crippen LogP contribution in [0.4, 0.5) is 0 Å². The molecule has 0 aliphatic carbocycles. The molecular formula is C10H15. The van der Waals surface area contributed by atoms with Gasteiger partial charge in [-0.1, -0.05) is 43.4 Å². The Morgan fingerprint density at radius 3 is 2.10 bits per heavy atom. The lowest BCUT2D eigenvalue weighted by Crippen LogP contribution is -1.53. The third-order valence-electron chi connectivity index (χ3n) is 1.01. The van der Waals surface area contributed by atoms with Gasteiger partial charge in [0.25, 0.3) is 0 Å². The standard InChI is InChI=1S/C10H15/c1-3-5-7-9-10-8-6-4-2/h5-10H,1,3-4H2,2H3. The zero-order chi connectivity index (χ0) is 7.66. The molecule has 0 unspecified atom stereocenters.